The molecule has 96 valence electrons. The van der Waals surface area contributed by atoms with Crippen LogP contribution in [-0.2, 0) is 6.54 Å². The summed E-state index contributed by atoms with van der Waals surface area (Å²) in [4.78, 5) is 0. The first kappa shape index (κ1) is 12.6. The Morgan fingerprint density at radius 3 is 3.00 bits per heavy atom. The zero-order valence-electron chi connectivity index (χ0n) is 10.5. The number of benzene rings is 1. The predicted molar refractivity (Wildman–Crippen MR) is 65.8 cm³/mol. The first-order valence-electron chi connectivity index (χ1n) is 5.97. The minimum Gasteiger partial charge on any atom is -0.310 e. The summed E-state index contributed by atoms with van der Waals surface area (Å²) in [7, 11) is 0. The lowest BCUT2D eigenvalue weighted by atomic mass is 10.2. The molecule has 18 heavy (non-hydrogen) atoms. The van der Waals surface area contributed by atoms with Crippen molar-refractivity contribution >= 4 is 0 Å². The summed E-state index contributed by atoms with van der Waals surface area (Å²) in [6.45, 7) is 5.20. The van der Waals surface area contributed by atoms with E-state index < -0.39 is 0 Å². The van der Waals surface area contributed by atoms with E-state index in [1.54, 1.807) is 25.1 Å². The van der Waals surface area contributed by atoms with Gasteiger partial charge < -0.3 is 5.32 Å². The highest BCUT2D eigenvalue weighted by Gasteiger charge is 2.12. The summed E-state index contributed by atoms with van der Waals surface area (Å²) in [5.74, 6) is 0.314. The van der Waals surface area contributed by atoms with Crippen molar-refractivity contribution in [1.82, 2.24) is 25.5 Å². The van der Waals surface area contributed by atoms with Crippen molar-refractivity contribution in [3.05, 3.63) is 35.4 Å². The quantitative estimate of drug-likeness (QED) is 0.818. The molecule has 0 bridgehead atoms. The normalized spacial score (nSPS) is 10.8. The van der Waals surface area contributed by atoms with Gasteiger partial charge in [-0.15, -0.1) is 5.10 Å². The lowest BCUT2D eigenvalue weighted by Crippen LogP contribution is -2.18. The fourth-order valence-corrected chi connectivity index (χ4v) is 1.68. The standard InChI is InChI=1S/C12H16FN5/c1-3-7-14-8-11-15-16-17-18(11)10-6-4-5-9(2)12(10)13/h4-6,14H,3,7-8H2,1-2H3. The molecule has 0 aliphatic carbocycles. The molecule has 1 aromatic heterocycles. The van der Waals surface area contributed by atoms with Gasteiger partial charge in [-0.05, 0) is 41.9 Å². The number of hydrogen-bond acceptors (Lipinski definition) is 4. The Kier molecular flexibility index (Phi) is 3.99. The van der Waals surface area contributed by atoms with Crippen molar-refractivity contribution in [1.29, 1.82) is 0 Å². The summed E-state index contributed by atoms with van der Waals surface area (Å²) in [6, 6.07) is 5.18. The second-order valence-corrected chi connectivity index (χ2v) is 4.09. The highest BCUT2D eigenvalue weighted by atomic mass is 19.1. The summed E-state index contributed by atoms with van der Waals surface area (Å²) >= 11 is 0. The smallest absolute Gasteiger partial charge is 0.170 e. The molecule has 5 nitrogen and oxygen atoms in total. The lowest BCUT2D eigenvalue weighted by Gasteiger charge is -2.07. The third-order valence-electron chi connectivity index (χ3n) is 2.64. The number of tetrazole rings is 1. The summed E-state index contributed by atoms with van der Waals surface area (Å²) in [6.07, 6.45) is 1.03. The first-order chi connectivity index (χ1) is 8.74. The van der Waals surface area contributed by atoms with E-state index in [9.17, 15) is 4.39 Å². The molecule has 0 spiro atoms. The van der Waals surface area contributed by atoms with E-state index in [2.05, 4.69) is 27.8 Å². The summed E-state index contributed by atoms with van der Waals surface area (Å²) in [5, 5.41) is 14.6. The van der Waals surface area contributed by atoms with Crippen LogP contribution in [0.5, 0.6) is 0 Å². The van der Waals surface area contributed by atoms with Crippen molar-refractivity contribution in [3.63, 3.8) is 0 Å². The molecule has 0 radical (unpaired) electrons. The van der Waals surface area contributed by atoms with E-state index in [4.69, 9.17) is 0 Å². The minimum absolute atomic E-state index is 0.290. The molecule has 0 saturated carbocycles. The second kappa shape index (κ2) is 5.68. The Morgan fingerprint density at radius 1 is 1.39 bits per heavy atom. The Balaban J connectivity index is 2.28. The third kappa shape index (κ3) is 2.53. The van der Waals surface area contributed by atoms with Gasteiger partial charge in [0.15, 0.2) is 11.6 Å². The maximum atomic E-state index is 14.0. The van der Waals surface area contributed by atoms with Crippen LogP contribution in [0.25, 0.3) is 5.69 Å². The van der Waals surface area contributed by atoms with Gasteiger partial charge in [-0.2, -0.15) is 4.68 Å². The number of aromatic nitrogens is 4. The van der Waals surface area contributed by atoms with Gasteiger partial charge in [0.2, 0.25) is 0 Å². The minimum atomic E-state index is -0.290. The van der Waals surface area contributed by atoms with E-state index in [0.717, 1.165) is 13.0 Å². The van der Waals surface area contributed by atoms with Crippen LogP contribution in [0.15, 0.2) is 18.2 Å². The predicted octanol–water partition coefficient (Wildman–Crippen LogP) is 1.61. The molecule has 0 aliphatic rings. The van der Waals surface area contributed by atoms with Gasteiger partial charge in [0.25, 0.3) is 0 Å². The fraction of sp³-hybridized carbons (Fsp3) is 0.417. The molecule has 2 aromatic rings. The molecule has 0 unspecified atom stereocenters. The van der Waals surface area contributed by atoms with Crippen molar-refractivity contribution in [2.45, 2.75) is 26.8 Å². The van der Waals surface area contributed by atoms with E-state index in [1.807, 2.05) is 0 Å². The molecular weight excluding hydrogens is 233 g/mol. The lowest BCUT2D eigenvalue weighted by molar-refractivity contribution is 0.584. The van der Waals surface area contributed by atoms with Crippen molar-refractivity contribution < 1.29 is 4.39 Å². The molecule has 1 heterocycles. The number of rotatable bonds is 5. The van der Waals surface area contributed by atoms with Gasteiger partial charge in [0.1, 0.15) is 5.69 Å². The van der Waals surface area contributed by atoms with Crippen molar-refractivity contribution in [2.24, 2.45) is 0 Å². The van der Waals surface area contributed by atoms with Crippen LogP contribution in [0.3, 0.4) is 0 Å². The average molecular weight is 249 g/mol. The molecule has 6 heteroatoms. The highest BCUT2D eigenvalue weighted by Crippen LogP contribution is 2.16. The summed E-state index contributed by atoms with van der Waals surface area (Å²) < 4.78 is 15.4. The van der Waals surface area contributed by atoms with Crippen LogP contribution in [-0.4, -0.2) is 26.8 Å². The Hall–Kier alpha value is -1.82. The van der Waals surface area contributed by atoms with Gasteiger partial charge in [-0.1, -0.05) is 19.1 Å². The largest absolute Gasteiger partial charge is 0.310 e. The molecular formula is C12H16FN5. The molecule has 0 saturated heterocycles. The van der Waals surface area contributed by atoms with Gasteiger partial charge in [-0.3, -0.25) is 0 Å². The number of nitrogens with zero attached hydrogens (tertiary/aromatic N) is 4. The monoisotopic (exact) mass is 249 g/mol. The number of hydrogen-bond donors (Lipinski definition) is 1. The molecule has 1 N–H and O–H groups in total. The summed E-state index contributed by atoms with van der Waals surface area (Å²) in [5.41, 5.74) is 0.962. The molecule has 0 amide bonds. The maximum Gasteiger partial charge on any atom is 0.170 e. The number of aryl methyl sites for hydroxylation is 1. The fourth-order valence-electron chi connectivity index (χ4n) is 1.68. The Labute approximate surface area is 105 Å². The zero-order chi connectivity index (χ0) is 13.0. The zero-order valence-corrected chi connectivity index (χ0v) is 10.5. The molecule has 1 aromatic carbocycles. The molecule has 0 fully saturated rings. The molecule has 0 aliphatic heterocycles. The highest BCUT2D eigenvalue weighted by molar-refractivity contribution is 5.37. The van der Waals surface area contributed by atoms with Crippen LogP contribution < -0.4 is 5.32 Å². The number of halogens is 1. The van der Waals surface area contributed by atoms with Crippen LogP contribution in [0, 0.1) is 12.7 Å². The van der Waals surface area contributed by atoms with E-state index in [-0.39, 0.29) is 5.82 Å². The topological polar surface area (TPSA) is 55.6 Å². The molecule has 2 rings (SSSR count). The van der Waals surface area contributed by atoms with Crippen LogP contribution >= 0.6 is 0 Å². The van der Waals surface area contributed by atoms with Crippen LogP contribution in [0.1, 0.15) is 24.7 Å². The maximum absolute atomic E-state index is 14.0. The average Bonchev–Trinajstić information content (AvgIpc) is 2.81. The van der Waals surface area contributed by atoms with Crippen molar-refractivity contribution in [2.75, 3.05) is 6.54 Å². The van der Waals surface area contributed by atoms with Crippen LogP contribution in [0.2, 0.25) is 0 Å². The van der Waals surface area contributed by atoms with Crippen LogP contribution in [0.4, 0.5) is 4.39 Å². The van der Waals surface area contributed by atoms with Gasteiger partial charge >= 0.3 is 0 Å². The van der Waals surface area contributed by atoms with E-state index in [1.165, 1.54) is 4.68 Å². The van der Waals surface area contributed by atoms with Gasteiger partial charge in [0.05, 0.1) is 6.54 Å². The van der Waals surface area contributed by atoms with Gasteiger partial charge in [-0.25, -0.2) is 4.39 Å². The molecule has 0 atom stereocenters. The van der Waals surface area contributed by atoms with Gasteiger partial charge in [0, 0.05) is 0 Å². The SMILES string of the molecule is CCCNCc1nnnn1-c1cccc(C)c1F. The van der Waals surface area contributed by atoms with E-state index >= 15 is 0 Å². The second-order valence-electron chi connectivity index (χ2n) is 4.09. The first-order valence-corrected chi connectivity index (χ1v) is 5.97. The number of nitrogens with one attached hydrogen (secondary N) is 1. The van der Waals surface area contributed by atoms with Crippen molar-refractivity contribution in [3.8, 4) is 5.69 Å². The third-order valence-corrected chi connectivity index (χ3v) is 2.64. The van der Waals surface area contributed by atoms with E-state index in [0.29, 0.717) is 23.6 Å². The Morgan fingerprint density at radius 2 is 2.22 bits per heavy atom. The Bertz CT molecular complexity index is 523.